The van der Waals surface area contributed by atoms with Gasteiger partial charge in [-0.1, -0.05) is 19.1 Å². The van der Waals surface area contributed by atoms with E-state index in [1.165, 1.54) is 0 Å². The largest absolute Gasteiger partial charge is 0.486 e. The highest BCUT2D eigenvalue weighted by Gasteiger charge is 2.32. The molecule has 1 aliphatic heterocycles. The molecule has 1 amide bonds. The highest BCUT2D eigenvalue weighted by atomic mass is 16.6. The molecule has 2 N–H and O–H groups in total. The van der Waals surface area contributed by atoms with E-state index >= 15 is 0 Å². The van der Waals surface area contributed by atoms with Crippen molar-refractivity contribution in [3.05, 3.63) is 24.3 Å². The van der Waals surface area contributed by atoms with Crippen LogP contribution >= 0.6 is 0 Å². The normalized spacial score (nSPS) is 26.1. The summed E-state index contributed by atoms with van der Waals surface area (Å²) < 4.78 is 11.8. The molecule has 5 heteroatoms. The van der Waals surface area contributed by atoms with Crippen LogP contribution in [0.5, 0.6) is 11.5 Å². The molecule has 23 heavy (non-hydrogen) atoms. The number of nitrogens with two attached hydrogens (primary N) is 1. The molecule has 1 heterocycles. The Balaban J connectivity index is 1.62. The smallest absolute Gasteiger partial charge is 0.225 e. The third-order valence-electron chi connectivity index (χ3n) is 4.62. The topological polar surface area (TPSA) is 64.8 Å². The quantitative estimate of drug-likeness (QED) is 0.904. The Morgan fingerprint density at radius 2 is 2.09 bits per heavy atom. The van der Waals surface area contributed by atoms with Gasteiger partial charge in [-0.05, 0) is 37.8 Å². The molecular formula is C18H26N2O3. The summed E-state index contributed by atoms with van der Waals surface area (Å²) in [6.45, 7) is 3.90. The maximum atomic E-state index is 12.8. The van der Waals surface area contributed by atoms with Crippen LogP contribution in [0.4, 0.5) is 0 Å². The number of carbonyl (C=O) groups excluding carboxylic acids is 1. The summed E-state index contributed by atoms with van der Waals surface area (Å²) in [5.41, 5.74) is 5.96. The zero-order chi connectivity index (χ0) is 16.2. The second-order valence-electron chi connectivity index (χ2n) is 6.55. The first-order chi connectivity index (χ1) is 11.2. The first kappa shape index (κ1) is 16.1. The van der Waals surface area contributed by atoms with Gasteiger partial charge in [0, 0.05) is 18.5 Å². The summed E-state index contributed by atoms with van der Waals surface area (Å²) in [5, 5.41) is 0. The van der Waals surface area contributed by atoms with Crippen LogP contribution in [-0.4, -0.2) is 42.6 Å². The molecule has 1 fully saturated rings. The summed E-state index contributed by atoms with van der Waals surface area (Å²) >= 11 is 0. The zero-order valence-corrected chi connectivity index (χ0v) is 13.7. The lowest BCUT2D eigenvalue weighted by atomic mass is 10.1. The van der Waals surface area contributed by atoms with Gasteiger partial charge < -0.3 is 20.1 Å². The molecule has 1 saturated carbocycles. The minimum Gasteiger partial charge on any atom is -0.486 e. The van der Waals surface area contributed by atoms with Gasteiger partial charge in [-0.3, -0.25) is 4.79 Å². The van der Waals surface area contributed by atoms with Crippen LogP contribution in [0.1, 0.15) is 32.6 Å². The number of carbonyl (C=O) groups is 1. The van der Waals surface area contributed by atoms with Crippen LogP contribution in [0.25, 0.3) is 0 Å². The van der Waals surface area contributed by atoms with E-state index in [1.54, 1.807) is 0 Å². The number of para-hydroxylation sites is 2. The van der Waals surface area contributed by atoms with Gasteiger partial charge in [0.15, 0.2) is 17.6 Å². The summed E-state index contributed by atoms with van der Waals surface area (Å²) in [4.78, 5) is 14.7. The van der Waals surface area contributed by atoms with Crippen LogP contribution in [0.15, 0.2) is 24.3 Å². The number of fused-ring (bicyclic) bond motifs is 1. The van der Waals surface area contributed by atoms with Crippen molar-refractivity contribution in [1.82, 2.24) is 4.90 Å². The Hall–Kier alpha value is -1.75. The predicted molar refractivity (Wildman–Crippen MR) is 88.5 cm³/mol. The Morgan fingerprint density at radius 1 is 1.30 bits per heavy atom. The van der Waals surface area contributed by atoms with E-state index in [4.69, 9.17) is 15.2 Å². The molecule has 2 aliphatic rings. The molecule has 126 valence electrons. The van der Waals surface area contributed by atoms with E-state index in [1.807, 2.05) is 29.2 Å². The van der Waals surface area contributed by atoms with Crippen LogP contribution in [0.3, 0.4) is 0 Å². The molecule has 3 rings (SSSR count). The van der Waals surface area contributed by atoms with E-state index in [0.717, 1.165) is 43.7 Å². The monoisotopic (exact) mass is 318 g/mol. The maximum Gasteiger partial charge on any atom is 0.225 e. The molecule has 3 atom stereocenters. The number of benzene rings is 1. The molecule has 0 aromatic heterocycles. The SMILES string of the molecule is CCCN(C[C@@H]1COc2ccccc2O1)C(=O)[C@@H]1CC[C@H](N)C1. The fraction of sp³-hybridized carbons (Fsp3) is 0.611. The number of nitrogens with zero attached hydrogens (tertiary/aromatic N) is 1. The zero-order valence-electron chi connectivity index (χ0n) is 13.7. The average Bonchev–Trinajstić information content (AvgIpc) is 3.00. The Labute approximate surface area is 137 Å². The van der Waals surface area contributed by atoms with E-state index in [9.17, 15) is 4.79 Å². The molecular weight excluding hydrogens is 292 g/mol. The molecule has 1 aromatic carbocycles. The number of amides is 1. The van der Waals surface area contributed by atoms with Crippen molar-refractivity contribution in [3.8, 4) is 11.5 Å². The van der Waals surface area contributed by atoms with E-state index in [-0.39, 0.29) is 24.0 Å². The second-order valence-corrected chi connectivity index (χ2v) is 6.55. The van der Waals surface area contributed by atoms with E-state index in [0.29, 0.717) is 13.2 Å². The summed E-state index contributed by atoms with van der Waals surface area (Å²) in [6, 6.07) is 7.84. The number of ether oxygens (including phenoxy) is 2. The van der Waals surface area contributed by atoms with Crippen LogP contribution in [0.2, 0.25) is 0 Å². The lowest BCUT2D eigenvalue weighted by molar-refractivity contribution is -0.137. The standard InChI is InChI=1S/C18H26N2O3/c1-2-9-20(18(21)13-7-8-14(19)10-13)11-15-12-22-16-5-3-4-6-17(16)23-15/h3-6,13-15H,2,7-12,19H2,1H3/t13-,14+,15-/m1/s1. The molecule has 5 nitrogen and oxygen atoms in total. The molecule has 0 spiro atoms. The lowest BCUT2D eigenvalue weighted by Crippen LogP contribution is -2.45. The molecule has 0 saturated heterocycles. The van der Waals surface area contributed by atoms with Gasteiger partial charge in [0.2, 0.25) is 5.91 Å². The van der Waals surface area contributed by atoms with Crippen molar-refractivity contribution < 1.29 is 14.3 Å². The van der Waals surface area contributed by atoms with Crippen molar-refractivity contribution in [2.24, 2.45) is 11.7 Å². The van der Waals surface area contributed by atoms with Gasteiger partial charge in [-0.2, -0.15) is 0 Å². The van der Waals surface area contributed by atoms with Crippen molar-refractivity contribution in [2.75, 3.05) is 19.7 Å². The highest BCUT2D eigenvalue weighted by molar-refractivity contribution is 5.79. The number of rotatable bonds is 5. The predicted octanol–water partition coefficient (Wildman–Crippen LogP) is 2.19. The number of hydrogen-bond donors (Lipinski definition) is 1. The van der Waals surface area contributed by atoms with E-state index in [2.05, 4.69) is 6.92 Å². The van der Waals surface area contributed by atoms with Gasteiger partial charge >= 0.3 is 0 Å². The third-order valence-corrected chi connectivity index (χ3v) is 4.62. The van der Waals surface area contributed by atoms with Gasteiger partial charge in [-0.25, -0.2) is 0 Å². The molecule has 0 unspecified atom stereocenters. The van der Waals surface area contributed by atoms with Crippen molar-refractivity contribution in [2.45, 2.75) is 44.8 Å². The second kappa shape index (κ2) is 7.21. The first-order valence-electron chi connectivity index (χ1n) is 8.60. The van der Waals surface area contributed by atoms with Crippen molar-refractivity contribution >= 4 is 5.91 Å². The minimum absolute atomic E-state index is 0.0772. The van der Waals surface area contributed by atoms with Gasteiger partial charge in [-0.15, -0.1) is 0 Å². The Bertz CT molecular complexity index is 549. The van der Waals surface area contributed by atoms with Gasteiger partial charge in [0.05, 0.1) is 6.54 Å². The maximum absolute atomic E-state index is 12.8. The van der Waals surface area contributed by atoms with Gasteiger partial charge in [0.25, 0.3) is 0 Å². The van der Waals surface area contributed by atoms with Crippen LogP contribution in [-0.2, 0) is 4.79 Å². The summed E-state index contributed by atoms with van der Waals surface area (Å²) in [7, 11) is 0. The van der Waals surface area contributed by atoms with Crippen LogP contribution < -0.4 is 15.2 Å². The highest BCUT2D eigenvalue weighted by Crippen LogP contribution is 2.31. The van der Waals surface area contributed by atoms with Crippen molar-refractivity contribution in [1.29, 1.82) is 0 Å². The molecule has 1 aliphatic carbocycles. The number of hydrogen-bond acceptors (Lipinski definition) is 4. The first-order valence-corrected chi connectivity index (χ1v) is 8.60. The third kappa shape index (κ3) is 3.78. The Morgan fingerprint density at radius 3 is 2.78 bits per heavy atom. The summed E-state index contributed by atoms with van der Waals surface area (Å²) in [5.74, 6) is 1.84. The fourth-order valence-corrected chi connectivity index (χ4v) is 3.46. The fourth-order valence-electron chi connectivity index (χ4n) is 3.46. The van der Waals surface area contributed by atoms with Gasteiger partial charge in [0.1, 0.15) is 6.61 Å². The van der Waals surface area contributed by atoms with Crippen LogP contribution in [0, 0.1) is 5.92 Å². The molecule has 0 bridgehead atoms. The average molecular weight is 318 g/mol. The lowest BCUT2D eigenvalue weighted by Gasteiger charge is -2.32. The van der Waals surface area contributed by atoms with E-state index < -0.39 is 0 Å². The van der Waals surface area contributed by atoms with Crippen molar-refractivity contribution in [3.63, 3.8) is 0 Å². The minimum atomic E-state index is -0.115. The Kier molecular flexibility index (Phi) is 5.06. The molecule has 0 radical (unpaired) electrons. The molecule has 1 aromatic rings. The summed E-state index contributed by atoms with van der Waals surface area (Å²) in [6.07, 6.45) is 3.49.